The number of nitrogens with zero attached hydrogens (tertiary/aromatic N) is 4. The van der Waals surface area contributed by atoms with Crippen LogP contribution in [0.15, 0.2) is 174 Å². The topological polar surface area (TPSA) is 38.6 Å². The average molecular weight is 683 g/mol. The predicted molar refractivity (Wildman–Crippen MR) is 217 cm³/mol. The van der Waals surface area contributed by atoms with Gasteiger partial charge in [0.15, 0.2) is 0 Å². The molecule has 3 aromatic heterocycles. The summed E-state index contributed by atoms with van der Waals surface area (Å²) < 4.78 is 10.9. The smallest absolute Gasteiger partial charge is 0.234 e. The number of hydrogen-bond donors (Lipinski definition) is 0. The Balaban J connectivity index is 1.15. The van der Waals surface area contributed by atoms with Crippen LogP contribution in [0.25, 0.3) is 67.0 Å². The second-order valence-corrected chi connectivity index (χ2v) is 14.5. The molecule has 0 amide bonds. The van der Waals surface area contributed by atoms with E-state index in [1.54, 1.807) is 0 Å². The number of imidazole rings is 2. The molecule has 0 saturated heterocycles. The maximum Gasteiger partial charge on any atom is 0.234 e. The molecule has 0 bridgehead atoms. The molecule has 53 heavy (non-hydrogen) atoms. The summed E-state index contributed by atoms with van der Waals surface area (Å²) in [5.41, 5.74) is 16.4. The van der Waals surface area contributed by atoms with Gasteiger partial charge in [-0.25, -0.2) is 9.38 Å². The van der Waals surface area contributed by atoms with Crippen molar-refractivity contribution >= 4 is 56.1 Å². The van der Waals surface area contributed by atoms with Crippen molar-refractivity contribution in [2.45, 2.75) is 19.3 Å². The van der Waals surface area contributed by atoms with Gasteiger partial charge in [0, 0.05) is 33.6 Å². The molecule has 5 heteroatoms. The maximum absolute atomic E-state index is 6.49. The molecule has 0 saturated carbocycles. The van der Waals surface area contributed by atoms with Crippen molar-refractivity contribution in [2.75, 3.05) is 4.90 Å². The molecule has 0 spiro atoms. The van der Waals surface area contributed by atoms with Gasteiger partial charge in [0.25, 0.3) is 0 Å². The van der Waals surface area contributed by atoms with Gasteiger partial charge in [-0.3, -0.25) is 4.57 Å². The molecule has 0 radical (unpaired) electrons. The van der Waals surface area contributed by atoms with Gasteiger partial charge >= 0.3 is 0 Å². The second-order valence-electron chi connectivity index (χ2n) is 14.5. The van der Waals surface area contributed by atoms with Crippen molar-refractivity contribution < 1.29 is 4.42 Å². The van der Waals surface area contributed by atoms with E-state index < -0.39 is 0 Å². The first-order valence-corrected chi connectivity index (χ1v) is 18.1. The van der Waals surface area contributed by atoms with Crippen LogP contribution in [0.4, 0.5) is 17.1 Å². The van der Waals surface area contributed by atoms with Gasteiger partial charge in [0.1, 0.15) is 11.1 Å². The summed E-state index contributed by atoms with van der Waals surface area (Å²) in [6, 6.07) is 60.6. The quantitative estimate of drug-likeness (QED) is 0.181. The summed E-state index contributed by atoms with van der Waals surface area (Å²) in [5.74, 6) is 0.818. The minimum Gasteiger partial charge on any atom is -0.437 e. The summed E-state index contributed by atoms with van der Waals surface area (Å²) in [7, 11) is 0. The van der Waals surface area contributed by atoms with Gasteiger partial charge in [-0.2, -0.15) is 0 Å². The third-order valence-electron chi connectivity index (χ3n) is 11.1. The molecule has 7 aromatic carbocycles. The molecule has 0 aliphatic heterocycles. The summed E-state index contributed by atoms with van der Waals surface area (Å²) in [5, 5.41) is 1.02. The van der Waals surface area contributed by atoms with Gasteiger partial charge < -0.3 is 9.32 Å². The fourth-order valence-corrected chi connectivity index (χ4v) is 8.56. The van der Waals surface area contributed by atoms with Crippen LogP contribution in [0.2, 0.25) is 0 Å². The highest BCUT2D eigenvalue weighted by Crippen LogP contribution is 2.51. The standard InChI is InChI=1S/C48H34N4O/c1-48(2)40-19-11-9-17-37(40)38-27-25-35(29-41(38)48)50(34-23-21-32(22-24-34)31-13-5-3-6-14-31)36-26-28-42-43(30-36)51(33-15-7-4-8-16-33)47-49-45-39-18-10-12-20-44(39)53-46(45)52(42)47/h3-30H,1-2H3. The first-order chi connectivity index (χ1) is 26.0. The zero-order valence-corrected chi connectivity index (χ0v) is 29.4. The van der Waals surface area contributed by atoms with Crippen LogP contribution in [0.1, 0.15) is 25.0 Å². The number of fused-ring (bicyclic) bond motifs is 10. The Morgan fingerprint density at radius 1 is 0.547 bits per heavy atom. The third-order valence-corrected chi connectivity index (χ3v) is 11.1. The molecule has 0 unspecified atom stereocenters. The molecule has 0 atom stereocenters. The van der Waals surface area contributed by atoms with Gasteiger partial charge in [0.05, 0.1) is 11.0 Å². The van der Waals surface area contributed by atoms with Crippen LogP contribution in [0.5, 0.6) is 0 Å². The Kier molecular flexibility index (Phi) is 6.23. The first kappa shape index (κ1) is 29.8. The molecular formula is C48H34N4O. The van der Waals surface area contributed by atoms with Crippen molar-refractivity contribution in [3.63, 3.8) is 0 Å². The second kappa shape index (κ2) is 11.1. The molecular weight excluding hydrogens is 649 g/mol. The highest BCUT2D eigenvalue weighted by Gasteiger charge is 2.36. The van der Waals surface area contributed by atoms with Gasteiger partial charge in [-0.1, -0.05) is 117 Å². The average Bonchev–Trinajstić information content (AvgIpc) is 3.91. The maximum atomic E-state index is 6.49. The first-order valence-electron chi connectivity index (χ1n) is 18.1. The number of hydrogen-bond acceptors (Lipinski definition) is 3. The molecule has 0 fully saturated rings. The zero-order valence-electron chi connectivity index (χ0n) is 29.4. The summed E-state index contributed by atoms with van der Waals surface area (Å²) in [6.45, 7) is 4.68. The minimum atomic E-state index is -0.125. The fraction of sp³-hybridized carbons (Fsp3) is 0.0625. The lowest BCUT2D eigenvalue weighted by Gasteiger charge is -2.28. The van der Waals surface area contributed by atoms with Gasteiger partial charge in [0.2, 0.25) is 11.5 Å². The Morgan fingerprint density at radius 2 is 1.19 bits per heavy atom. The molecule has 1 aliphatic rings. The van der Waals surface area contributed by atoms with Crippen molar-refractivity contribution in [2.24, 2.45) is 0 Å². The fourth-order valence-electron chi connectivity index (χ4n) is 8.56. The Hall–Kier alpha value is -6.85. The van der Waals surface area contributed by atoms with E-state index in [9.17, 15) is 0 Å². The number of rotatable bonds is 5. The lowest BCUT2D eigenvalue weighted by molar-refractivity contribution is 0.651. The van der Waals surface area contributed by atoms with Crippen LogP contribution in [-0.4, -0.2) is 14.0 Å². The number of benzene rings is 7. The molecule has 1 aliphatic carbocycles. The van der Waals surface area contributed by atoms with Gasteiger partial charge in [-0.15, -0.1) is 0 Å². The molecule has 3 heterocycles. The SMILES string of the molecule is CC1(C)c2ccccc2-c2ccc(N(c3ccc(-c4ccccc4)cc3)c3ccc4c(c3)n(-c3ccccc3)c3nc5c6ccccc6oc5n43)cc21. The Labute approximate surface area is 306 Å². The lowest BCUT2D eigenvalue weighted by Crippen LogP contribution is -2.16. The number of furan rings is 1. The van der Waals surface area contributed by atoms with E-state index in [4.69, 9.17) is 9.40 Å². The molecule has 0 N–H and O–H groups in total. The molecule has 5 nitrogen and oxygen atoms in total. The number of anilines is 3. The van der Waals surface area contributed by atoms with Crippen molar-refractivity contribution in [3.05, 3.63) is 181 Å². The Morgan fingerprint density at radius 3 is 2.02 bits per heavy atom. The van der Waals surface area contributed by atoms with E-state index in [0.29, 0.717) is 0 Å². The predicted octanol–water partition coefficient (Wildman–Crippen LogP) is 12.6. The number of para-hydroxylation sites is 2. The van der Waals surface area contributed by atoms with E-state index in [1.165, 1.54) is 33.4 Å². The molecule has 252 valence electrons. The summed E-state index contributed by atoms with van der Waals surface area (Å²) in [6.07, 6.45) is 0. The van der Waals surface area contributed by atoms with Crippen LogP contribution in [-0.2, 0) is 5.41 Å². The summed E-state index contributed by atoms with van der Waals surface area (Å²) >= 11 is 0. The minimum absolute atomic E-state index is 0.125. The lowest BCUT2D eigenvalue weighted by atomic mass is 9.82. The van der Waals surface area contributed by atoms with E-state index in [0.717, 1.165) is 61.8 Å². The van der Waals surface area contributed by atoms with E-state index in [-0.39, 0.29) is 5.41 Å². The van der Waals surface area contributed by atoms with Crippen LogP contribution >= 0.6 is 0 Å². The monoisotopic (exact) mass is 682 g/mol. The Bertz CT molecular complexity index is 3020. The molecule has 10 aromatic rings. The zero-order chi connectivity index (χ0) is 35.3. The van der Waals surface area contributed by atoms with Crippen molar-refractivity contribution in [1.29, 1.82) is 0 Å². The van der Waals surface area contributed by atoms with Crippen LogP contribution in [0, 0.1) is 0 Å². The van der Waals surface area contributed by atoms with E-state index in [1.807, 2.05) is 18.2 Å². The highest BCUT2D eigenvalue weighted by molar-refractivity contribution is 6.05. The van der Waals surface area contributed by atoms with E-state index >= 15 is 0 Å². The van der Waals surface area contributed by atoms with E-state index in [2.05, 4.69) is 179 Å². The van der Waals surface area contributed by atoms with Crippen LogP contribution in [0.3, 0.4) is 0 Å². The molecule has 11 rings (SSSR count). The van der Waals surface area contributed by atoms with Crippen molar-refractivity contribution in [3.8, 4) is 27.9 Å². The largest absolute Gasteiger partial charge is 0.437 e. The van der Waals surface area contributed by atoms with Gasteiger partial charge in [-0.05, 0) is 100 Å². The van der Waals surface area contributed by atoms with Crippen LogP contribution < -0.4 is 4.90 Å². The number of aromatic nitrogens is 3. The van der Waals surface area contributed by atoms with Crippen molar-refractivity contribution in [1.82, 2.24) is 14.0 Å². The normalized spacial score (nSPS) is 13.2. The summed E-state index contributed by atoms with van der Waals surface area (Å²) in [4.78, 5) is 7.62. The third kappa shape index (κ3) is 4.34. The highest BCUT2D eigenvalue weighted by atomic mass is 16.3.